The fourth-order valence-electron chi connectivity index (χ4n) is 2.41. The van der Waals surface area contributed by atoms with Crippen molar-refractivity contribution in [2.75, 3.05) is 18.1 Å². The van der Waals surface area contributed by atoms with Gasteiger partial charge in [-0.05, 0) is 19.1 Å². The average Bonchev–Trinajstić information content (AvgIpc) is 3.16. The number of nitrogens with one attached hydrogen (secondary N) is 2. The molecule has 29 heavy (non-hydrogen) atoms. The minimum atomic E-state index is -0.676. The van der Waals surface area contributed by atoms with Crippen molar-refractivity contribution in [1.29, 1.82) is 0 Å². The Morgan fingerprint density at radius 3 is 2.41 bits per heavy atom. The quantitative estimate of drug-likeness (QED) is 0.530. The van der Waals surface area contributed by atoms with E-state index in [0.29, 0.717) is 20.8 Å². The predicted molar refractivity (Wildman–Crippen MR) is 118 cm³/mol. The van der Waals surface area contributed by atoms with Gasteiger partial charge in [0.15, 0.2) is 10.4 Å². The van der Waals surface area contributed by atoms with Gasteiger partial charge in [0, 0.05) is 12.6 Å². The van der Waals surface area contributed by atoms with Crippen LogP contribution in [0.2, 0.25) is 0 Å². The number of carbonyl (C=O) groups excluding carboxylic acids is 2. The number of aromatic nitrogens is 1. The first-order chi connectivity index (χ1) is 14.1. The molecule has 0 aliphatic heterocycles. The van der Waals surface area contributed by atoms with Gasteiger partial charge in [0.2, 0.25) is 5.91 Å². The first-order valence-electron chi connectivity index (χ1n) is 8.99. The smallest absolute Gasteiger partial charge is 0.265 e. The topological polar surface area (TPSA) is 80.3 Å². The van der Waals surface area contributed by atoms with Gasteiger partial charge in [-0.1, -0.05) is 71.6 Å². The van der Waals surface area contributed by atoms with Crippen LogP contribution in [0.5, 0.6) is 5.75 Å². The Morgan fingerprint density at radius 1 is 1.10 bits per heavy atom. The maximum Gasteiger partial charge on any atom is 0.265 e. The summed E-state index contributed by atoms with van der Waals surface area (Å²) in [6.45, 7) is 1.70. The summed E-state index contributed by atoms with van der Waals surface area (Å²) in [6, 6.07) is 18.8. The molecule has 2 amide bonds. The number of hydrogen-bond acceptors (Lipinski definition) is 6. The van der Waals surface area contributed by atoms with E-state index in [1.165, 1.54) is 23.1 Å². The molecule has 0 saturated carbocycles. The van der Waals surface area contributed by atoms with Gasteiger partial charge in [-0.25, -0.2) is 4.98 Å². The van der Waals surface area contributed by atoms with Crippen LogP contribution in [0.3, 0.4) is 0 Å². The fraction of sp³-hybridized carbons (Fsp3) is 0.190. The zero-order valence-electron chi connectivity index (χ0n) is 16.0. The maximum atomic E-state index is 12.7. The first kappa shape index (κ1) is 20.9. The summed E-state index contributed by atoms with van der Waals surface area (Å²) in [5.41, 5.74) is 1.57. The second-order valence-electron chi connectivity index (χ2n) is 6.05. The van der Waals surface area contributed by atoms with Gasteiger partial charge in [-0.15, -0.1) is 0 Å². The lowest BCUT2D eigenvalue weighted by atomic mass is 10.2. The largest absolute Gasteiger partial charge is 0.481 e. The molecule has 0 aliphatic carbocycles. The molecule has 1 heterocycles. The van der Waals surface area contributed by atoms with E-state index in [9.17, 15) is 9.59 Å². The van der Waals surface area contributed by atoms with Gasteiger partial charge in [-0.3, -0.25) is 9.59 Å². The molecule has 3 rings (SSSR count). The molecule has 2 N–H and O–H groups in total. The number of ether oxygens (including phenoxy) is 1. The van der Waals surface area contributed by atoms with Crippen LogP contribution in [0.4, 0.5) is 5.00 Å². The van der Waals surface area contributed by atoms with E-state index >= 15 is 0 Å². The Bertz CT molecular complexity index is 962. The van der Waals surface area contributed by atoms with E-state index < -0.39 is 6.10 Å². The minimum absolute atomic E-state index is 0.0815. The highest BCUT2D eigenvalue weighted by atomic mass is 32.2. The summed E-state index contributed by atoms with van der Waals surface area (Å²) < 4.78 is 6.42. The zero-order valence-corrected chi connectivity index (χ0v) is 17.7. The molecule has 0 fully saturated rings. The number of thiazole rings is 1. The van der Waals surface area contributed by atoms with Crippen LogP contribution in [-0.4, -0.2) is 35.7 Å². The number of hydrogen-bond donors (Lipinski definition) is 2. The predicted octanol–water partition coefficient (Wildman–Crippen LogP) is 4.05. The zero-order chi connectivity index (χ0) is 20.6. The molecule has 1 unspecified atom stereocenters. The van der Waals surface area contributed by atoms with E-state index in [1.807, 2.05) is 48.5 Å². The van der Waals surface area contributed by atoms with Crippen LogP contribution in [0.25, 0.3) is 11.3 Å². The molecule has 3 aromatic rings. The number of benzene rings is 2. The molecule has 1 aromatic heterocycles. The second kappa shape index (κ2) is 10.1. The highest BCUT2D eigenvalue weighted by Crippen LogP contribution is 2.37. The van der Waals surface area contributed by atoms with Crippen molar-refractivity contribution in [1.82, 2.24) is 10.3 Å². The Kier molecular flexibility index (Phi) is 7.26. The minimum Gasteiger partial charge on any atom is -0.481 e. The summed E-state index contributed by atoms with van der Waals surface area (Å²) in [5.74, 6) is 0.545. The van der Waals surface area contributed by atoms with Crippen molar-refractivity contribution in [2.24, 2.45) is 0 Å². The molecule has 6 nitrogen and oxygen atoms in total. The van der Waals surface area contributed by atoms with Gasteiger partial charge in [0.1, 0.15) is 16.4 Å². The van der Waals surface area contributed by atoms with Gasteiger partial charge in [-0.2, -0.15) is 0 Å². The lowest BCUT2D eigenvalue weighted by molar-refractivity contribution is -0.122. The molecule has 0 bridgehead atoms. The SMILES string of the molecule is CNC(=O)CSc1nc(-c2ccccc2)c(NC(=O)C(C)Oc2ccccc2)s1. The summed E-state index contributed by atoms with van der Waals surface area (Å²) in [5, 5.41) is 6.15. The van der Waals surface area contributed by atoms with Crippen molar-refractivity contribution in [3.63, 3.8) is 0 Å². The van der Waals surface area contributed by atoms with Gasteiger partial charge in [0.05, 0.1) is 5.75 Å². The molecular formula is C21H21N3O3S2. The summed E-state index contributed by atoms with van der Waals surface area (Å²) >= 11 is 2.68. The standard InChI is InChI=1S/C21H21N3O3S2/c1-14(27-16-11-7-4-8-12-16)19(26)24-20-18(15-9-5-3-6-10-15)23-21(29-20)28-13-17(25)22-2/h3-12,14H,13H2,1-2H3,(H,22,25)(H,24,26). The van der Waals surface area contributed by atoms with E-state index in [0.717, 1.165) is 5.56 Å². The van der Waals surface area contributed by atoms with Crippen LogP contribution in [0.15, 0.2) is 65.0 Å². The van der Waals surface area contributed by atoms with Crippen LogP contribution in [0, 0.1) is 0 Å². The van der Waals surface area contributed by atoms with E-state index in [1.54, 1.807) is 26.1 Å². The average molecular weight is 428 g/mol. The second-order valence-corrected chi connectivity index (χ2v) is 8.27. The molecule has 2 aromatic carbocycles. The van der Waals surface area contributed by atoms with E-state index in [-0.39, 0.29) is 17.6 Å². The molecule has 0 spiro atoms. The summed E-state index contributed by atoms with van der Waals surface area (Å²) in [7, 11) is 1.60. The molecule has 0 radical (unpaired) electrons. The highest BCUT2D eigenvalue weighted by molar-refractivity contribution is 8.01. The number of amides is 2. The van der Waals surface area contributed by atoms with Gasteiger partial charge < -0.3 is 15.4 Å². The summed E-state index contributed by atoms with van der Waals surface area (Å²) in [6.07, 6.45) is -0.676. The van der Waals surface area contributed by atoms with Crippen LogP contribution in [0.1, 0.15) is 6.92 Å². The maximum absolute atomic E-state index is 12.7. The van der Waals surface area contributed by atoms with E-state index in [4.69, 9.17) is 4.74 Å². The lowest BCUT2D eigenvalue weighted by Gasteiger charge is -2.14. The Labute approximate surface area is 177 Å². The third kappa shape index (κ3) is 5.82. The Morgan fingerprint density at radius 2 is 1.76 bits per heavy atom. The fourth-order valence-corrected chi connectivity index (χ4v) is 4.35. The van der Waals surface area contributed by atoms with Crippen molar-refractivity contribution in [3.05, 3.63) is 60.7 Å². The highest BCUT2D eigenvalue weighted by Gasteiger charge is 2.20. The van der Waals surface area contributed by atoms with E-state index in [2.05, 4.69) is 15.6 Å². The third-order valence-corrected chi connectivity index (χ3v) is 6.04. The number of thioether (sulfide) groups is 1. The number of carbonyl (C=O) groups is 2. The number of anilines is 1. The normalized spacial score (nSPS) is 11.5. The third-order valence-electron chi connectivity index (χ3n) is 3.92. The number of rotatable bonds is 8. The molecule has 0 saturated heterocycles. The number of para-hydroxylation sites is 1. The molecule has 0 aliphatic rings. The van der Waals surface area contributed by atoms with Crippen molar-refractivity contribution < 1.29 is 14.3 Å². The Balaban J connectivity index is 1.78. The Hall–Kier alpha value is -2.84. The number of nitrogens with zero attached hydrogens (tertiary/aromatic N) is 1. The summed E-state index contributed by atoms with van der Waals surface area (Å²) in [4.78, 5) is 28.9. The van der Waals surface area contributed by atoms with Crippen molar-refractivity contribution in [2.45, 2.75) is 17.4 Å². The first-order valence-corrected chi connectivity index (χ1v) is 10.8. The molecular weight excluding hydrogens is 406 g/mol. The van der Waals surface area contributed by atoms with Gasteiger partial charge in [0.25, 0.3) is 5.91 Å². The van der Waals surface area contributed by atoms with Crippen LogP contribution in [-0.2, 0) is 9.59 Å². The molecule has 8 heteroatoms. The van der Waals surface area contributed by atoms with Crippen LogP contribution >= 0.6 is 23.1 Å². The molecule has 150 valence electrons. The van der Waals surface area contributed by atoms with Gasteiger partial charge >= 0.3 is 0 Å². The molecule has 1 atom stereocenters. The monoisotopic (exact) mass is 427 g/mol. The van der Waals surface area contributed by atoms with Crippen molar-refractivity contribution >= 4 is 39.9 Å². The van der Waals surface area contributed by atoms with Crippen LogP contribution < -0.4 is 15.4 Å². The lowest BCUT2D eigenvalue weighted by Crippen LogP contribution is -2.30. The van der Waals surface area contributed by atoms with Crippen molar-refractivity contribution in [3.8, 4) is 17.0 Å².